The minimum absolute atomic E-state index is 0.199. The lowest BCUT2D eigenvalue weighted by Crippen LogP contribution is -2.27. The first-order chi connectivity index (χ1) is 10.1. The lowest BCUT2D eigenvalue weighted by molar-refractivity contribution is 0.148. The van der Waals surface area contributed by atoms with Crippen molar-refractivity contribution in [3.8, 4) is 0 Å². The molecule has 0 saturated carbocycles. The molecule has 1 amide bonds. The summed E-state index contributed by atoms with van der Waals surface area (Å²) in [7, 11) is -0.780. The molecule has 6 heteroatoms. The molecule has 0 fully saturated rings. The summed E-state index contributed by atoms with van der Waals surface area (Å²) in [6, 6.07) is 15.6. The minimum atomic E-state index is -2.36. The van der Waals surface area contributed by atoms with Gasteiger partial charge < -0.3 is 4.74 Å². The van der Waals surface area contributed by atoms with Gasteiger partial charge in [0.1, 0.15) is 6.61 Å². The first kappa shape index (κ1) is 15.2. The minimum Gasteiger partial charge on any atom is -0.444 e. The van der Waals surface area contributed by atoms with E-state index >= 15 is 0 Å². The molecule has 0 aromatic heterocycles. The average molecular weight is 304 g/mol. The van der Waals surface area contributed by atoms with Gasteiger partial charge in [-0.2, -0.15) is 4.89 Å². The highest BCUT2D eigenvalue weighted by Crippen LogP contribution is 2.18. The first-order valence-electron chi connectivity index (χ1n) is 6.28. The van der Waals surface area contributed by atoms with Crippen LogP contribution in [0, 0.1) is 0 Å². The molecule has 0 aliphatic carbocycles. The van der Waals surface area contributed by atoms with Crippen LogP contribution >= 0.6 is 8.03 Å². The fourth-order valence-electron chi connectivity index (χ4n) is 1.73. The standard InChI is InChI=1S/C15H14NO4P/c1-16(13-7-9-14(10-8-13)21(18)19)15(17)20-11-12-5-3-2-4-6-12/h2-10H,11H2,1H3/p+1. The van der Waals surface area contributed by atoms with E-state index in [2.05, 4.69) is 0 Å². The van der Waals surface area contributed by atoms with Crippen LogP contribution in [0.2, 0.25) is 0 Å². The smallest absolute Gasteiger partial charge is 0.444 e. The molecule has 0 aliphatic heterocycles. The van der Waals surface area contributed by atoms with E-state index in [9.17, 15) is 9.36 Å². The maximum atomic E-state index is 11.9. The molecular weight excluding hydrogens is 289 g/mol. The second-order valence-corrected chi connectivity index (χ2v) is 5.45. The van der Waals surface area contributed by atoms with Gasteiger partial charge in [-0.05, 0) is 34.4 Å². The number of ether oxygens (including phenoxy) is 1. The number of carbonyl (C=O) groups is 1. The normalized spacial score (nSPS) is 10.9. The predicted octanol–water partition coefficient (Wildman–Crippen LogP) is 2.82. The van der Waals surface area contributed by atoms with E-state index in [1.165, 1.54) is 17.0 Å². The van der Waals surface area contributed by atoms with Crippen LogP contribution in [0.3, 0.4) is 0 Å². The fraction of sp³-hybridized carbons (Fsp3) is 0.133. The Labute approximate surface area is 123 Å². The van der Waals surface area contributed by atoms with Crippen LogP contribution in [0.25, 0.3) is 0 Å². The number of nitrogens with zero attached hydrogens (tertiary/aromatic N) is 1. The van der Waals surface area contributed by atoms with Gasteiger partial charge >= 0.3 is 14.1 Å². The van der Waals surface area contributed by atoms with Crippen molar-refractivity contribution in [2.45, 2.75) is 6.61 Å². The third kappa shape index (κ3) is 4.12. The van der Waals surface area contributed by atoms with Gasteiger partial charge in [-0.25, -0.2) is 4.79 Å². The van der Waals surface area contributed by atoms with Gasteiger partial charge in [0.15, 0.2) is 0 Å². The number of amides is 1. The Kier molecular flexibility index (Phi) is 5.04. The summed E-state index contributed by atoms with van der Waals surface area (Å²) in [6.07, 6.45) is -0.486. The van der Waals surface area contributed by atoms with Gasteiger partial charge in [-0.3, -0.25) is 4.90 Å². The highest BCUT2D eigenvalue weighted by atomic mass is 31.1. The number of carbonyl (C=O) groups excluding carboxylic acids is 1. The Bertz CT molecular complexity index is 628. The van der Waals surface area contributed by atoms with E-state index in [1.807, 2.05) is 30.3 Å². The molecule has 2 aromatic carbocycles. The van der Waals surface area contributed by atoms with Crippen molar-refractivity contribution in [2.75, 3.05) is 11.9 Å². The van der Waals surface area contributed by atoms with Crippen LogP contribution in [0.1, 0.15) is 5.56 Å². The molecule has 5 nitrogen and oxygen atoms in total. The number of rotatable bonds is 4. The Balaban J connectivity index is 1.97. The van der Waals surface area contributed by atoms with Crippen LogP contribution in [0.15, 0.2) is 54.6 Å². The number of anilines is 1. The summed E-state index contributed by atoms with van der Waals surface area (Å²) in [5.41, 5.74) is 1.50. The van der Waals surface area contributed by atoms with Gasteiger partial charge in [0.05, 0.1) is 0 Å². The molecule has 0 bridgehead atoms. The molecule has 0 heterocycles. The molecule has 2 aromatic rings. The summed E-state index contributed by atoms with van der Waals surface area (Å²) in [5.74, 6) is 0. The van der Waals surface area contributed by atoms with Crippen molar-refractivity contribution in [1.29, 1.82) is 0 Å². The van der Waals surface area contributed by atoms with E-state index in [0.717, 1.165) is 5.56 Å². The summed E-state index contributed by atoms with van der Waals surface area (Å²) in [6.45, 7) is 0.199. The molecule has 21 heavy (non-hydrogen) atoms. The zero-order valence-corrected chi connectivity index (χ0v) is 12.4. The lowest BCUT2D eigenvalue weighted by atomic mass is 10.2. The fourth-order valence-corrected chi connectivity index (χ4v) is 2.13. The van der Waals surface area contributed by atoms with Crippen LogP contribution in [-0.2, 0) is 15.9 Å². The Hall–Kier alpha value is -2.23. The second kappa shape index (κ2) is 6.97. The molecule has 0 radical (unpaired) electrons. The van der Waals surface area contributed by atoms with Gasteiger partial charge in [0.2, 0.25) is 5.30 Å². The highest BCUT2D eigenvalue weighted by Gasteiger charge is 2.17. The molecule has 0 saturated heterocycles. The molecule has 1 N–H and O–H groups in total. The molecule has 108 valence electrons. The van der Waals surface area contributed by atoms with Crippen LogP contribution in [0.4, 0.5) is 10.5 Å². The number of hydrogen-bond acceptors (Lipinski definition) is 3. The average Bonchev–Trinajstić information content (AvgIpc) is 2.53. The van der Waals surface area contributed by atoms with Gasteiger partial charge in [-0.15, -0.1) is 0 Å². The number of hydrogen-bond donors (Lipinski definition) is 1. The molecular formula is C15H15NO4P+. The van der Waals surface area contributed by atoms with Crippen LogP contribution < -0.4 is 10.2 Å². The topological polar surface area (TPSA) is 66.8 Å². The Morgan fingerprint density at radius 2 is 1.76 bits per heavy atom. The monoisotopic (exact) mass is 304 g/mol. The largest absolute Gasteiger partial charge is 0.546 e. The SMILES string of the molecule is CN(C(=O)OCc1ccccc1)c1ccc([P+](=O)O)cc1. The van der Waals surface area contributed by atoms with Crippen LogP contribution in [0.5, 0.6) is 0 Å². The van der Waals surface area contributed by atoms with Gasteiger partial charge in [0, 0.05) is 12.7 Å². The summed E-state index contributed by atoms with van der Waals surface area (Å²) < 4.78 is 16.1. The summed E-state index contributed by atoms with van der Waals surface area (Å²) in [5, 5.41) is 0.319. The van der Waals surface area contributed by atoms with Crippen LogP contribution in [-0.4, -0.2) is 18.0 Å². The quantitative estimate of drug-likeness (QED) is 0.882. The van der Waals surface area contributed by atoms with Crippen molar-refractivity contribution < 1.29 is 19.0 Å². The lowest BCUT2D eigenvalue weighted by Gasteiger charge is -2.16. The first-order valence-corrected chi connectivity index (χ1v) is 7.50. The van der Waals surface area contributed by atoms with E-state index < -0.39 is 14.1 Å². The Morgan fingerprint density at radius 3 is 2.33 bits per heavy atom. The van der Waals surface area contributed by atoms with Gasteiger partial charge in [-0.1, -0.05) is 30.3 Å². The molecule has 0 aliphatic rings. The zero-order valence-electron chi connectivity index (χ0n) is 11.5. The summed E-state index contributed by atoms with van der Waals surface area (Å²) >= 11 is 0. The highest BCUT2D eigenvalue weighted by molar-refractivity contribution is 7.47. The van der Waals surface area contributed by atoms with E-state index in [0.29, 0.717) is 11.0 Å². The summed E-state index contributed by atoms with van der Waals surface area (Å²) in [4.78, 5) is 22.3. The van der Waals surface area contributed by atoms with Crippen molar-refractivity contribution in [1.82, 2.24) is 0 Å². The van der Waals surface area contributed by atoms with Crippen molar-refractivity contribution in [3.63, 3.8) is 0 Å². The maximum absolute atomic E-state index is 11.9. The van der Waals surface area contributed by atoms with Crippen molar-refractivity contribution in [2.24, 2.45) is 0 Å². The molecule has 1 atom stereocenters. The number of benzene rings is 2. The van der Waals surface area contributed by atoms with Crippen molar-refractivity contribution in [3.05, 3.63) is 60.2 Å². The zero-order chi connectivity index (χ0) is 15.2. The van der Waals surface area contributed by atoms with Gasteiger partial charge in [0.25, 0.3) is 0 Å². The molecule has 0 spiro atoms. The van der Waals surface area contributed by atoms with E-state index in [-0.39, 0.29) is 6.61 Å². The second-order valence-electron chi connectivity index (χ2n) is 4.39. The predicted molar refractivity (Wildman–Crippen MR) is 80.9 cm³/mol. The maximum Gasteiger partial charge on any atom is 0.546 e. The van der Waals surface area contributed by atoms with Crippen molar-refractivity contribution >= 4 is 25.1 Å². The third-order valence-electron chi connectivity index (χ3n) is 2.94. The molecule has 1 unspecified atom stereocenters. The van der Waals surface area contributed by atoms with E-state index in [1.54, 1.807) is 19.2 Å². The Morgan fingerprint density at radius 1 is 1.14 bits per heavy atom. The van der Waals surface area contributed by atoms with E-state index in [4.69, 9.17) is 9.63 Å². The molecule has 2 rings (SSSR count). The third-order valence-corrected chi connectivity index (χ3v) is 3.68.